The van der Waals surface area contributed by atoms with Crippen LogP contribution in [0.3, 0.4) is 0 Å². The molecule has 3 aromatic carbocycles. The fraction of sp³-hybridized carbons (Fsp3) is 0.354. The minimum atomic E-state index is -0.338. The number of aromatic amines is 3. The first kappa shape index (κ1) is 38.5. The second-order valence-electron chi connectivity index (χ2n) is 20.1. The number of nitrogens with one attached hydrogen (secondary N) is 3. The summed E-state index contributed by atoms with van der Waals surface area (Å²) in [5.74, 6) is 2.33. The largest absolute Gasteiger partial charge is 0.324 e. The summed E-state index contributed by atoms with van der Waals surface area (Å²) in [6.07, 6.45) is 6.59. The van der Waals surface area contributed by atoms with Crippen molar-refractivity contribution in [1.82, 2.24) is 15.0 Å². The molecule has 9 rings (SSSR count). The Labute approximate surface area is 348 Å². The molecule has 0 fully saturated rings. The minimum absolute atomic E-state index is 0.0753. The van der Waals surface area contributed by atoms with E-state index < -0.39 is 0 Å². The first-order valence-corrected chi connectivity index (χ1v) is 20.8. The fourth-order valence-corrected chi connectivity index (χ4v) is 9.33. The lowest BCUT2D eigenvalue weighted by Gasteiger charge is -2.25. The number of allylic oxidation sites excluding steroid dienone is 3. The number of aliphatic imine (C=N–C) groups is 1. The number of fused-ring (bicyclic) bond motifs is 18. The van der Waals surface area contributed by atoms with Gasteiger partial charge in [-0.3, -0.25) is 0 Å². The molecule has 5 heterocycles. The van der Waals surface area contributed by atoms with Crippen molar-refractivity contribution in [2.45, 2.75) is 99.3 Å². The first-order valence-electron chi connectivity index (χ1n) is 20.0. The Morgan fingerprint density at radius 2 is 1.10 bits per heavy atom. The maximum Gasteiger partial charge on any atom is 0.160 e. The molecule has 1 atom stereocenters. The van der Waals surface area contributed by atoms with Crippen molar-refractivity contribution in [3.63, 3.8) is 0 Å². The molecule has 3 aliphatic rings. The summed E-state index contributed by atoms with van der Waals surface area (Å²) in [4.78, 5) is 37.4. The van der Waals surface area contributed by atoms with Crippen molar-refractivity contribution in [2.24, 2.45) is 36.3 Å². The highest BCUT2D eigenvalue weighted by Gasteiger charge is 2.33. The predicted octanol–water partition coefficient (Wildman–Crippen LogP) is 11.3. The molecule has 0 spiro atoms. The number of H-pyrrole nitrogens is 3. The van der Waals surface area contributed by atoms with Crippen LogP contribution in [0.1, 0.15) is 99.8 Å². The van der Waals surface area contributed by atoms with Crippen LogP contribution in [0.5, 0.6) is 0 Å². The molecule has 1 aliphatic carbocycles. The van der Waals surface area contributed by atoms with Gasteiger partial charge in [0.1, 0.15) is 39.4 Å². The SMILES string of the molecule is CC(C)(C)C1=CC2C3=NC(=C2C=C1)N=c1[nH]c(c2cc(Cl)c(C(C)(C)C)c(Cl)c12)=Nc1[nH]c(c2ccc(C(C)(C)C)cc12)/N=c1\[nH]c(c2ccc(C(C)(C)C)cc12)=N3. The van der Waals surface area contributed by atoms with Crippen molar-refractivity contribution in [2.75, 3.05) is 0 Å². The Kier molecular flexibility index (Phi) is 8.44. The Bertz CT molecular complexity index is 3170. The highest BCUT2D eigenvalue weighted by atomic mass is 35.5. The number of hydrogen-bond donors (Lipinski definition) is 3. The molecular formula is C48H50Cl2N8. The van der Waals surface area contributed by atoms with Crippen molar-refractivity contribution in [1.29, 1.82) is 0 Å². The second kappa shape index (κ2) is 12.7. The summed E-state index contributed by atoms with van der Waals surface area (Å²) in [6, 6.07) is 15.1. The Morgan fingerprint density at radius 3 is 1.74 bits per heavy atom. The lowest BCUT2D eigenvalue weighted by Crippen LogP contribution is -2.20. The molecule has 296 valence electrons. The van der Waals surface area contributed by atoms with Crippen molar-refractivity contribution >= 4 is 73.0 Å². The molecule has 10 heteroatoms. The second-order valence-corrected chi connectivity index (χ2v) is 20.9. The first-order chi connectivity index (χ1) is 27.1. The van der Waals surface area contributed by atoms with Gasteiger partial charge in [-0.05, 0) is 62.1 Å². The van der Waals surface area contributed by atoms with E-state index in [1.807, 2.05) is 6.07 Å². The highest BCUT2D eigenvalue weighted by molar-refractivity contribution is 6.40. The summed E-state index contributed by atoms with van der Waals surface area (Å²) in [6.45, 7) is 26.3. The van der Waals surface area contributed by atoms with E-state index in [1.165, 1.54) is 16.7 Å². The van der Waals surface area contributed by atoms with Crippen LogP contribution in [0.25, 0.3) is 32.3 Å². The van der Waals surface area contributed by atoms with Gasteiger partial charge < -0.3 is 15.0 Å². The van der Waals surface area contributed by atoms with Crippen LogP contribution in [-0.2, 0) is 16.2 Å². The monoisotopic (exact) mass is 808 g/mol. The van der Waals surface area contributed by atoms with Gasteiger partial charge in [0.25, 0.3) is 0 Å². The van der Waals surface area contributed by atoms with Crippen LogP contribution in [-0.4, -0.2) is 20.8 Å². The van der Waals surface area contributed by atoms with Crippen LogP contribution in [0.2, 0.25) is 10.0 Å². The maximum absolute atomic E-state index is 7.42. The van der Waals surface area contributed by atoms with Crippen LogP contribution in [0.4, 0.5) is 11.6 Å². The number of aromatic nitrogens is 3. The van der Waals surface area contributed by atoms with Crippen molar-refractivity contribution < 1.29 is 0 Å². The lowest BCUT2D eigenvalue weighted by atomic mass is 9.79. The summed E-state index contributed by atoms with van der Waals surface area (Å²) in [5, 5.41) is 6.44. The van der Waals surface area contributed by atoms with Crippen LogP contribution in [0.15, 0.2) is 103 Å². The molecule has 0 saturated carbocycles. The predicted molar refractivity (Wildman–Crippen MR) is 240 cm³/mol. The third kappa shape index (κ3) is 6.31. The molecule has 0 saturated heterocycles. The van der Waals surface area contributed by atoms with Crippen molar-refractivity contribution in [3.05, 3.63) is 126 Å². The molecule has 3 N–H and O–H groups in total. The summed E-state index contributed by atoms with van der Waals surface area (Å²) in [5.41, 5.74) is 7.34. The van der Waals surface area contributed by atoms with E-state index in [0.717, 1.165) is 43.5 Å². The number of amidine groups is 1. The van der Waals surface area contributed by atoms with Crippen LogP contribution >= 0.6 is 23.2 Å². The average Bonchev–Trinajstić information content (AvgIpc) is 3.84. The Morgan fingerprint density at radius 1 is 0.517 bits per heavy atom. The van der Waals surface area contributed by atoms with E-state index in [2.05, 4.69) is 153 Å². The molecule has 58 heavy (non-hydrogen) atoms. The van der Waals surface area contributed by atoms with Gasteiger partial charge in [0.05, 0.1) is 10.9 Å². The number of halogens is 2. The van der Waals surface area contributed by atoms with E-state index in [9.17, 15) is 0 Å². The lowest BCUT2D eigenvalue weighted by molar-refractivity contribution is 0.512. The van der Waals surface area contributed by atoms with Gasteiger partial charge in [0.15, 0.2) is 5.82 Å². The van der Waals surface area contributed by atoms with Gasteiger partial charge in [0, 0.05) is 42.9 Å². The van der Waals surface area contributed by atoms with E-state index in [0.29, 0.717) is 55.3 Å². The number of benzene rings is 3. The zero-order chi connectivity index (χ0) is 41.4. The van der Waals surface area contributed by atoms with Crippen LogP contribution in [0, 0.1) is 11.3 Å². The van der Waals surface area contributed by atoms with Gasteiger partial charge in [-0.25, -0.2) is 25.0 Å². The molecule has 1 unspecified atom stereocenters. The van der Waals surface area contributed by atoms with Gasteiger partial charge in [-0.2, -0.15) is 0 Å². The van der Waals surface area contributed by atoms with Crippen LogP contribution < -0.4 is 22.0 Å². The molecule has 6 aromatic rings. The molecular weight excluding hydrogens is 759 g/mol. The quantitative estimate of drug-likeness (QED) is 0.136. The van der Waals surface area contributed by atoms with Gasteiger partial charge >= 0.3 is 0 Å². The zero-order valence-electron chi connectivity index (χ0n) is 35.3. The maximum atomic E-state index is 7.42. The number of rotatable bonds is 0. The number of hydrogen-bond acceptors (Lipinski definition) is 5. The third-order valence-electron chi connectivity index (χ3n) is 11.6. The number of nitrogens with zero attached hydrogens (tertiary/aromatic N) is 5. The topological polar surface area (TPSA) is 109 Å². The smallest absolute Gasteiger partial charge is 0.160 e. The summed E-state index contributed by atoms with van der Waals surface area (Å²) in [7, 11) is 0. The van der Waals surface area contributed by atoms with E-state index in [1.54, 1.807) is 0 Å². The van der Waals surface area contributed by atoms with Gasteiger partial charge in [0.2, 0.25) is 0 Å². The normalized spacial score (nSPS) is 17.8. The Hall–Kier alpha value is -5.05. The van der Waals surface area contributed by atoms with Gasteiger partial charge in [-0.1, -0.05) is 149 Å². The standard InChI is InChI=1S/C48H50Cl2N8/c1-45(2,3)23-13-16-26-29(19-23)40-51-37(26)53-41-31-21-25(47(7,8)9)15-18-28(31)39(55-41)57-44-34-32(22-33(49)35(36(34)50)48(10,11)12)43(58-44)56-42-30-20-24(46(4,5)6)14-17-27(30)38(52-40)54-42/h13-22,31,54H,1-12H3,(H,56,57,58)(H,51,52,53,55). The van der Waals surface area contributed by atoms with E-state index >= 15 is 0 Å². The van der Waals surface area contributed by atoms with Crippen molar-refractivity contribution in [3.8, 4) is 0 Å². The summed E-state index contributed by atoms with van der Waals surface area (Å²) >= 11 is 14.5. The zero-order valence-corrected chi connectivity index (χ0v) is 36.9. The molecule has 0 amide bonds. The third-order valence-corrected chi connectivity index (χ3v) is 12.3. The van der Waals surface area contributed by atoms with Gasteiger partial charge in [-0.15, -0.1) is 0 Å². The average molecular weight is 810 g/mol. The minimum Gasteiger partial charge on any atom is -0.324 e. The summed E-state index contributed by atoms with van der Waals surface area (Å²) < 4.78 is 0. The Balaban J connectivity index is 1.47. The van der Waals surface area contributed by atoms with E-state index in [4.69, 9.17) is 48.2 Å². The molecule has 2 aliphatic heterocycles. The molecule has 3 aromatic heterocycles. The molecule has 8 nitrogen and oxygen atoms in total. The molecule has 0 radical (unpaired) electrons. The highest BCUT2D eigenvalue weighted by Crippen LogP contribution is 2.42. The fourth-order valence-electron chi connectivity index (χ4n) is 8.22. The molecule has 8 bridgehead atoms. The van der Waals surface area contributed by atoms with E-state index in [-0.39, 0.29) is 27.6 Å².